The lowest BCUT2D eigenvalue weighted by Gasteiger charge is -2.14. The van der Waals surface area contributed by atoms with Crippen molar-refractivity contribution in [3.05, 3.63) is 77.9 Å². The zero-order valence-electron chi connectivity index (χ0n) is 11.4. The monoisotopic (exact) mass is 286 g/mol. The van der Waals surface area contributed by atoms with Gasteiger partial charge in [-0.1, -0.05) is 66.7 Å². The number of nitrogens with one attached hydrogen (secondary N) is 2. The van der Waals surface area contributed by atoms with Crippen molar-refractivity contribution in [2.75, 3.05) is 0 Å². The predicted octanol–water partition coefficient (Wildman–Crippen LogP) is 4.45. The third-order valence-electron chi connectivity index (χ3n) is 2.91. The smallest absolute Gasteiger partial charge is 0.118 e. The summed E-state index contributed by atoms with van der Waals surface area (Å²) < 4.78 is 0. The minimum atomic E-state index is 0. The van der Waals surface area contributed by atoms with Gasteiger partial charge in [-0.25, -0.2) is 0 Å². The van der Waals surface area contributed by atoms with Gasteiger partial charge in [0.05, 0.1) is 0 Å². The maximum atomic E-state index is 7.92. The Morgan fingerprint density at radius 3 is 2.15 bits per heavy atom. The zero-order valence-corrected chi connectivity index (χ0v) is 12.2. The summed E-state index contributed by atoms with van der Waals surface area (Å²) in [5.41, 5.74) is 2.28. The lowest BCUT2D eigenvalue weighted by molar-refractivity contribution is 0.716. The topological polar surface area (TPSA) is 35.9 Å². The average Bonchev–Trinajstić information content (AvgIpc) is 2.47. The second-order valence-corrected chi connectivity index (χ2v) is 4.43. The summed E-state index contributed by atoms with van der Waals surface area (Å²) in [5.74, 6) is 0.417. The van der Waals surface area contributed by atoms with E-state index in [1.165, 1.54) is 5.56 Å². The van der Waals surface area contributed by atoms with Crippen LogP contribution < -0.4 is 5.32 Å². The molecule has 0 bridgehead atoms. The van der Waals surface area contributed by atoms with Crippen LogP contribution in [0.25, 0.3) is 6.08 Å². The summed E-state index contributed by atoms with van der Waals surface area (Å²) in [6.07, 6.45) is 3.72. The van der Waals surface area contributed by atoms with E-state index in [0.29, 0.717) is 5.84 Å². The molecule has 2 aromatic rings. The van der Waals surface area contributed by atoms with E-state index in [1.807, 2.05) is 54.6 Å². The Hall–Kier alpha value is -2.06. The van der Waals surface area contributed by atoms with E-state index >= 15 is 0 Å². The molecule has 104 valence electrons. The summed E-state index contributed by atoms with van der Waals surface area (Å²) in [5, 5.41) is 11.1. The van der Waals surface area contributed by atoms with Crippen LogP contribution in [0.1, 0.15) is 24.1 Å². The van der Waals surface area contributed by atoms with Crippen molar-refractivity contribution in [1.29, 1.82) is 5.41 Å². The van der Waals surface area contributed by atoms with E-state index in [9.17, 15) is 0 Å². The number of halogens is 1. The van der Waals surface area contributed by atoms with Gasteiger partial charge in [0.25, 0.3) is 0 Å². The van der Waals surface area contributed by atoms with Crippen molar-refractivity contribution < 1.29 is 0 Å². The van der Waals surface area contributed by atoms with Crippen LogP contribution in [0.15, 0.2) is 66.7 Å². The lowest BCUT2D eigenvalue weighted by Crippen LogP contribution is -2.23. The molecule has 0 saturated carbocycles. The van der Waals surface area contributed by atoms with Crippen molar-refractivity contribution >= 4 is 24.3 Å². The van der Waals surface area contributed by atoms with Gasteiger partial charge in [-0.2, -0.15) is 0 Å². The van der Waals surface area contributed by atoms with Gasteiger partial charge in [0.15, 0.2) is 0 Å². The number of amidine groups is 1. The predicted molar refractivity (Wildman–Crippen MR) is 88.4 cm³/mol. The Morgan fingerprint density at radius 2 is 1.55 bits per heavy atom. The molecular formula is C17H19ClN2. The van der Waals surface area contributed by atoms with Gasteiger partial charge in [0, 0.05) is 6.04 Å². The first kappa shape index (κ1) is 16.0. The van der Waals surface area contributed by atoms with Crippen LogP contribution >= 0.6 is 12.4 Å². The van der Waals surface area contributed by atoms with E-state index in [2.05, 4.69) is 24.4 Å². The minimum absolute atomic E-state index is 0. The second kappa shape index (κ2) is 8.18. The largest absolute Gasteiger partial charge is 0.364 e. The van der Waals surface area contributed by atoms with Crippen molar-refractivity contribution in [1.82, 2.24) is 5.32 Å². The first-order valence-electron chi connectivity index (χ1n) is 6.39. The molecule has 2 rings (SSSR count). The van der Waals surface area contributed by atoms with Gasteiger partial charge >= 0.3 is 0 Å². The van der Waals surface area contributed by atoms with Gasteiger partial charge < -0.3 is 5.32 Å². The molecule has 0 aliphatic rings. The van der Waals surface area contributed by atoms with Crippen molar-refractivity contribution in [2.45, 2.75) is 13.0 Å². The maximum absolute atomic E-state index is 7.92. The van der Waals surface area contributed by atoms with Gasteiger partial charge in [0.1, 0.15) is 5.84 Å². The summed E-state index contributed by atoms with van der Waals surface area (Å²) in [4.78, 5) is 0. The first-order chi connectivity index (χ1) is 9.25. The third-order valence-corrected chi connectivity index (χ3v) is 2.91. The molecule has 20 heavy (non-hydrogen) atoms. The quantitative estimate of drug-likeness (QED) is 0.632. The second-order valence-electron chi connectivity index (χ2n) is 4.43. The molecule has 0 aromatic heterocycles. The van der Waals surface area contributed by atoms with E-state index in [1.54, 1.807) is 6.08 Å². The molecular weight excluding hydrogens is 268 g/mol. The van der Waals surface area contributed by atoms with E-state index in [-0.39, 0.29) is 18.4 Å². The normalized spacial score (nSPS) is 11.7. The Balaban J connectivity index is 0.00000200. The van der Waals surface area contributed by atoms with Gasteiger partial charge in [-0.15, -0.1) is 12.4 Å². The maximum Gasteiger partial charge on any atom is 0.118 e. The Bertz CT molecular complexity index is 550. The molecule has 0 heterocycles. The van der Waals surface area contributed by atoms with Crippen LogP contribution in [0.2, 0.25) is 0 Å². The average molecular weight is 287 g/mol. The Morgan fingerprint density at radius 1 is 1.00 bits per heavy atom. The molecule has 0 unspecified atom stereocenters. The lowest BCUT2D eigenvalue weighted by atomic mass is 10.1. The summed E-state index contributed by atoms with van der Waals surface area (Å²) in [6, 6.07) is 20.3. The highest BCUT2D eigenvalue weighted by Gasteiger charge is 2.03. The molecule has 0 aliphatic heterocycles. The van der Waals surface area contributed by atoms with Crippen LogP contribution in [0.5, 0.6) is 0 Å². The van der Waals surface area contributed by atoms with E-state index < -0.39 is 0 Å². The fourth-order valence-corrected chi connectivity index (χ4v) is 1.85. The highest BCUT2D eigenvalue weighted by molar-refractivity contribution is 5.94. The standard InChI is InChI=1S/C17H18N2.ClH/c1-14(16-10-6-3-7-11-16)19-17(18)13-12-15-8-4-2-5-9-15;/h2-14H,1H3,(H2,18,19);1H/b13-12+;/t14-;/m1./s1. The molecule has 2 nitrogen and oxygen atoms in total. The third kappa shape index (κ3) is 4.90. The van der Waals surface area contributed by atoms with Crippen LogP contribution in [0.3, 0.4) is 0 Å². The number of hydrogen-bond donors (Lipinski definition) is 2. The Kier molecular flexibility index (Phi) is 6.54. The molecule has 0 amide bonds. The molecule has 1 atom stereocenters. The van der Waals surface area contributed by atoms with Crippen LogP contribution in [-0.4, -0.2) is 5.84 Å². The van der Waals surface area contributed by atoms with Gasteiger partial charge in [-0.3, -0.25) is 5.41 Å². The number of hydrogen-bond acceptors (Lipinski definition) is 1. The van der Waals surface area contributed by atoms with Crippen LogP contribution in [0, 0.1) is 5.41 Å². The number of rotatable bonds is 4. The summed E-state index contributed by atoms with van der Waals surface area (Å²) >= 11 is 0. The SMILES string of the molecule is C[C@@H](NC(=N)/C=C/c1ccccc1)c1ccccc1.Cl. The molecule has 2 N–H and O–H groups in total. The van der Waals surface area contributed by atoms with Gasteiger partial charge in [-0.05, 0) is 24.1 Å². The fraction of sp³-hybridized carbons (Fsp3) is 0.118. The van der Waals surface area contributed by atoms with Crippen molar-refractivity contribution in [3.63, 3.8) is 0 Å². The molecule has 3 heteroatoms. The van der Waals surface area contributed by atoms with Gasteiger partial charge in [0.2, 0.25) is 0 Å². The van der Waals surface area contributed by atoms with Crippen molar-refractivity contribution in [3.8, 4) is 0 Å². The molecule has 0 spiro atoms. The molecule has 0 fully saturated rings. The number of benzene rings is 2. The first-order valence-corrected chi connectivity index (χ1v) is 6.39. The Labute approximate surface area is 126 Å². The van der Waals surface area contributed by atoms with E-state index in [0.717, 1.165) is 5.56 Å². The molecule has 0 saturated heterocycles. The molecule has 0 aliphatic carbocycles. The van der Waals surface area contributed by atoms with Crippen LogP contribution in [-0.2, 0) is 0 Å². The fourth-order valence-electron chi connectivity index (χ4n) is 1.85. The highest BCUT2D eigenvalue weighted by Crippen LogP contribution is 2.11. The highest BCUT2D eigenvalue weighted by atomic mass is 35.5. The molecule has 0 radical (unpaired) electrons. The molecule has 2 aromatic carbocycles. The zero-order chi connectivity index (χ0) is 13.5. The minimum Gasteiger partial charge on any atom is -0.364 e. The van der Waals surface area contributed by atoms with Crippen LogP contribution in [0.4, 0.5) is 0 Å². The summed E-state index contributed by atoms with van der Waals surface area (Å²) in [7, 11) is 0. The van der Waals surface area contributed by atoms with E-state index in [4.69, 9.17) is 5.41 Å². The van der Waals surface area contributed by atoms with Crippen molar-refractivity contribution in [2.24, 2.45) is 0 Å². The summed E-state index contributed by atoms with van der Waals surface area (Å²) in [6.45, 7) is 2.06.